The molecule has 2 heteroatoms. The van der Waals surface area contributed by atoms with Crippen LogP contribution in [0.4, 0.5) is 22.7 Å². The first-order chi connectivity index (χ1) is 24.0. The molecule has 0 radical (unpaired) electrons. The van der Waals surface area contributed by atoms with E-state index < -0.39 is 0 Å². The van der Waals surface area contributed by atoms with Gasteiger partial charge in [-0.1, -0.05) is 151 Å². The van der Waals surface area contributed by atoms with Gasteiger partial charge in [0.2, 0.25) is 0 Å². The predicted octanol–water partition coefficient (Wildman–Crippen LogP) is 14.0. The van der Waals surface area contributed by atoms with Crippen LogP contribution in [0, 0.1) is 0 Å². The minimum absolute atomic E-state index is 0.0529. The molecule has 0 saturated carbocycles. The molecule has 0 aromatic heterocycles. The molecule has 0 bridgehead atoms. The molecular weight excluding hydrogens is 605 g/mol. The van der Waals surface area contributed by atoms with Gasteiger partial charge in [-0.15, -0.1) is 0 Å². The quantitative estimate of drug-likeness (QED) is 0.175. The van der Waals surface area contributed by atoms with E-state index in [9.17, 15) is 0 Å². The molecule has 0 amide bonds. The van der Waals surface area contributed by atoms with Crippen molar-refractivity contribution in [2.75, 3.05) is 10.6 Å². The summed E-state index contributed by atoms with van der Waals surface area (Å²) in [5, 5.41) is 15.3. The van der Waals surface area contributed by atoms with Crippen molar-refractivity contribution in [3.63, 3.8) is 0 Å². The lowest BCUT2D eigenvalue weighted by Crippen LogP contribution is -2.11. The van der Waals surface area contributed by atoms with Crippen LogP contribution in [0.5, 0.6) is 0 Å². The van der Waals surface area contributed by atoms with Crippen molar-refractivity contribution < 1.29 is 0 Å². The first-order valence-electron chi connectivity index (χ1n) is 17.7. The Morgan fingerprint density at radius 3 is 1.10 bits per heavy atom. The Morgan fingerprint density at radius 1 is 0.360 bits per heavy atom. The fourth-order valence-corrected chi connectivity index (χ4v) is 7.26. The van der Waals surface area contributed by atoms with E-state index in [1.165, 1.54) is 65.7 Å². The first-order valence-corrected chi connectivity index (χ1v) is 17.7. The Bertz CT molecular complexity index is 2300. The molecule has 0 saturated heterocycles. The van der Waals surface area contributed by atoms with E-state index in [4.69, 9.17) is 0 Å². The summed E-state index contributed by atoms with van der Waals surface area (Å²) in [6.45, 7) is 13.7. The van der Waals surface area contributed by atoms with E-state index in [0.717, 1.165) is 22.7 Å². The number of hydrogen-bond acceptors (Lipinski definition) is 2. The maximum Gasteiger partial charge on any atom is 0.0464 e. The third-order valence-electron chi connectivity index (χ3n) is 10.1. The van der Waals surface area contributed by atoms with Gasteiger partial charge >= 0.3 is 0 Å². The van der Waals surface area contributed by atoms with Gasteiger partial charge in [-0.25, -0.2) is 0 Å². The van der Waals surface area contributed by atoms with Gasteiger partial charge in [-0.05, 0) is 91.0 Å². The molecule has 0 fully saturated rings. The molecule has 50 heavy (non-hydrogen) atoms. The van der Waals surface area contributed by atoms with Crippen LogP contribution in [0.1, 0.15) is 52.7 Å². The van der Waals surface area contributed by atoms with Crippen LogP contribution >= 0.6 is 0 Å². The fourth-order valence-electron chi connectivity index (χ4n) is 7.26. The van der Waals surface area contributed by atoms with E-state index in [1.807, 2.05) is 0 Å². The zero-order valence-corrected chi connectivity index (χ0v) is 29.9. The first kappa shape index (κ1) is 31.7. The average Bonchev–Trinajstić information content (AvgIpc) is 3.12. The highest BCUT2D eigenvalue weighted by Gasteiger charge is 2.20. The molecular formula is C48H44N2. The summed E-state index contributed by atoms with van der Waals surface area (Å²) in [6, 6.07) is 53.2. The Kier molecular flexibility index (Phi) is 7.64. The minimum atomic E-state index is 0.0529. The van der Waals surface area contributed by atoms with Crippen LogP contribution in [0.2, 0.25) is 0 Å². The number of rotatable bonds is 6. The molecule has 2 N–H and O–H groups in total. The highest BCUT2D eigenvalue weighted by atomic mass is 14.9. The Morgan fingerprint density at radius 2 is 0.720 bits per heavy atom. The molecule has 246 valence electrons. The lowest BCUT2D eigenvalue weighted by Gasteiger charge is -2.23. The summed E-state index contributed by atoms with van der Waals surface area (Å²) in [7, 11) is 0. The van der Waals surface area contributed by atoms with Crippen molar-refractivity contribution in [1.29, 1.82) is 0 Å². The molecule has 0 aliphatic carbocycles. The summed E-state index contributed by atoms with van der Waals surface area (Å²) in [6.07, 6.45) is 0. The number of anilines is 4. The van der Waals surface area contributed by atoms with Crippen LogP contribution < -0.4 is 10.6 Å². The molecule has 0 spiro atoms. The molecule has 0 aliphatic rings. The molecule has 8 rings (SSSR count). The monoisotopic (exact) mass is 648 g/mol. The standard InChI is InChI=1S/C48H44N2/c1-47(2,3)35-21-27-43(39(29-35)31-13-9-7-10-14-31)49-41-25-19-33-18-24-38-42(26-20-34-17-23-37(41)45(33)46(34)38)50-44-28-22-36(48(4,5)6)30-40(44)32-15-11-8-12-16-32/h7-30,49-50H,1-6H3. The number of hydrogen-bond donors (Lipinski definition) is 2. The maximum absolute atomic E-state index is 3.89. The van der Waals surface area contributed by atoms with Gasteiger partial charge in [-0.2, -0.15) is 0 Å². The van der Waals surface area contributed by atoms with Crippen LogP contribution in [-0.2, 0) is 10.8 Å². The smallest absolute Gasteiger partial charge is 0.0464 e. The second-order valence-corrected chi connectivity index (χ2v) is 15.7. The van der Waals surface area contributed by atoms with Crippen molar-refractivity contribution in [3.05, 3.63) is 157 Å². The minimum Gasteiger partial charge on any atom is -0.355 e. The topological polar surface area (TPSA) is 24.1 Å². The summed E-state index contributed by atoms with van der Waals surface area (Å²) < 4.78 is 0. The lowest BCUT2D eigenvalue weighted by atomic mass is 9.85. The van der Waals surface area contributed by atoms with Crippen LogP contribution in [0.25, 0.3) is 54.6 Å². The van der Waals surface area contributed by atoms with E-state index in [2.05, 4.69) is 198 Å². The second-order valence-electron chi connectivity index (χ2n) is 15.7. The number of benzene rings is 8. The van der Waals surface area contributed by atoms with Gasteiger partial charge in [0.15, 0.2) is 0 Å². The van der Waals surface area contributed by atoms with Crippen LogP contribution in [0.3, 0.4) is 0 Å². The normalized spacial score (nSPS) is 12.2. The van der Waals surface area contributed by atoms with Crippen LogP contribution in [0.15, 0.2) is 146 Å². The average molecular weight is 649 g/mol. The highest BCUT2D eigenvalue weighted by Crippen LogP contribution is 2.44. The van der Waals surface area contributed by atoms with Gasteiger partial charge in [-0.3, -0.25) is 0 Å². The van der Waals surface area contributed by atoms with Crippen molar-refractivity contribution in [3.8, 4) is 22.3 Å². The van der Waals surface area contributed by atoms with Gasteiger partial charge in [0.1, 0.15) is 0 Å². The predicted molar refractivity (Wildman–Crippen MR) is 218 cm³/mol. The zero-order chi connectivity index (χ0) is 34.6. The van der Waals surface area contributed by atoms with Gasteiger partial charge in [0, 0.05) is 44.6 Å². The summed E-state index contributed by atoms with van der Waals surface area (Å²) in [5.74, 6) is 0. The Balaban J connectivity index is 1.25. The van der Waals surface area contributed by atoms with Gasteiger partial charge in [0.25, 0.3) is 0 Å². The fraction of sp³-hybridized carbons (Fsp3) is 0.167. The van der Waals surface area contributed by atoms with Crippen molar-refractivity contribution in [2.24, 2.45) is 0 Å². The second kappa shape index (κ2) is 12.1. The van der Waals surface area contributed by atoms with Gasteiger partial charge < -0.3 is 10.6 Å². The lowest BCUT2D eigenvalue weighted by molar-refractivity contribution is 0.590. The molecule has 2 nitrogen and oxygen atoms in total. The van der Waals surface area contributed by atoms with Crippen molar-refractivity contribution in [2.45, 2.75) is 52.4 Å². The molecule has 0 atom stereocenters. The molecule has 0 aliphatic heterocycles. The highest BCUT2D eigenvalue weighted by molar-refractivity contribution is 6.27. The number of nitrogens with one attached hydrogen (secondary N) is 2. The zero-order valence-electron chi connectivity index (χ0n) is 29.9. The molecule has 8 aromatic carbocycles. The molecule has 0 heterocycles. The van der Waals surface area contributed by atoms with E-state index in [1.54, 1.807) is 0 Å². The van der Waals surface area contributed by atoms with Crippen LogP contribution in [-0.4, -0.2) is 0 Å². The summed E-state index contributed by atoms with van der Waals surface area (Å²) in [5.41, 5.74) is 12.0. The van der Waals surface area contributed by atoms with Gasteiger partial charge in [0.05, 0.1) is 0 Å². The Labute approximate surface area is 296 Å². The Hall–Kier alpha value is -5.60. The summed E-state index contributed by atoms with van der Waals surface area (Å²) >= 11 is 0. The third-order valence-corrected chi connectivity index (χ3v) is 10.1. The third kappa shape index (κ3) is 5.75. The van der Waals surface area contributed by atoms with Crippen molar-refractivity contribution in [1.82, 2.24) is 0 Å². The SMILES string of the molecule is CC(C)(C)c1ccc(Nc2ccc3ccc4c(Nc5ccc(C(C)(C)C)cc5-c5ccccc5)ccc5ccc2c3c54)c(-c2ccccc2)c1. The molecule has 0 unspecified atom stereocenters. The maximum atomic E-state index is 3.89. The van der Waals surface area contributed by atoms with E-state index in [0.29, 0.717) is 0 Å². The largest absolute Gasteiger partial charge is 0.355 e. The van der Waals surface area contributed by atoms with Crippen molar-refractivity contribution >= 4 is 55.1 Å². The van der Waals surface area contributed by atoms with E-state index >= 15 is 0 Å². The van der Waals surface area contributed by atoms with E-state index in [-0.39, 0.29) is 10.8 Å². The summed E-state index contributed by atoms with van der Waals surface area (Å²) in [4.78, 5) is 0. The molecule has 8 aromatic rings.